The van der Waals surface area contributed by atoms with Gasteiger partial charge in [0.15, 0.2) is 5.71 Å². The molecule has 1 aromatic heterocycles. The molecule has 5 heterocycles. The zero-order valence-electron chi connectivity index (χ0n) is 37.9. The summed E-state index contributed by atoms with van der Waals surface area (Å²) in [5.74, 6) is -3.18. The number of nitrogens with one attached hydrogen (secondary N) is 3. The number of fused-ring (bicyclic) bond motifs is 5. The number of hydrogen-bond donors (Lipinski definition) is 3. The zero-order chi connectivity index (χ0) is 48.0. The van der Waals surface area contributed by atoms with Gasteiger partial charge in [-0.05, 0) is 109 Å². The Morgan fingerprint density at radius 2 is 1.70 bits per heavy atom. The first-order valence-electron chi connectivity index (χ1n) is 22.8. The van der Waals surface area contributed by atoms with E-state index < -0.39 is 97.2 Å². The molecule has 4 aliphatic heterocycles. The molecular formula is C47H57F3N6O10S. The number of allylic oxidation sites excluding steroid dienone is 1. The summed E-state index contributed by atoms with van der Waals surface area (Å²) in [6, 6.07) is 5.39. The molecule has 1 saturated carbocycles. The van der Waals surface area contributed by atoms with Gasteiger partial charge in [0.05, 0.1) is 22.6 Å². The van der Waals surface area contributed by atoms with Crippen molar-refractivity contribution in [3.05, 3.63) is 72.6 Å². The molecule has 67 heavy (non-hydrogen) atoms. The Hall–Kier alpha value is -5.50. The van der Waals surface area contributed by atoms with E-state index >= 15 is 13.2 Å². The maximum atomic E-state index is 15.1. The summed E-state index contributed by atoms with van der Waals surface area (Å²) in [5.41, 5.74) is -4.92. The minimum atomic E-state index is -4.92. The number of aliphatic imine (C=N–C) groups is 1. The standard InChI is InChI=1S/C47H57F3N6O10S/c1-43(2,3)66-42(60)53-35-11-9-7-5-6-8-10-29-14-19-46(29,41(59)55-67(61,62)44(4)20-21-44)54-39(57)36-27-45(28-56(36)40(35)58)18-15-32-33-26-31(64-25-24-63-30-16-22-51-23-17-30)12-13-34(33)52-38(37(32)65-45)47(48,49)50/h8,10,12-14,16-17,19,22-23,26,29,32,35-37H,5-7,9,11,15,18,20-21,24-25,27-28H2,1-4H3,(H,53,60)(H,54,57)(H,55,59)/b10-8-/t29-,32?,35+,36+,37?,45-,46-/m1/s1. The zero-order valence-corrected chi connectivity index (χ0v) is 38.7. The average Bonchev–Trinajstić information content (AvgIpc) is 3.92. The number of ether oxygens (including phenoxy) is 4. The van der Waals surface area contributed by atoms with Crippen molar-refractivity contribution in [3.63, 3.8) is 0 Å². The van der Waals surface area contributed by atoms with Crippen molar-refractivity contribution in [3.8, 4) is 11.5 Å². The summed E-state index contributed by atoms with van der Waals surface area (Å²) in [7, 11) is -4.16. The van der Waals surface area contributed by atoms with Gasteiger partial charge in [0.25, 0.3) is 5.91 Å². The lowest BCUT2D eigenvalue weighted by molar-refractivity contribution is -0.143. The van der Waals surface area contributed by atoms with E-state index in [1.807, 2.05) is 6.08 Å². The highest BCUT2D eigenvalue weighted by Gasteiger charge is 2.60. The van der Waals surface area contributed by atoms with Gasteiger partial charge >= 0.3 is 12.3 Å². The fourth-order valence-corrected chi connectivity index (χ4v) is 10.7. The number of amides is 4. The third-order valence-corrected chi connectivity index (χ3v) is 15.6. The van der Waals surface area contributed by atoms with Gasteiger partial charge in [-0.3, -0.25) is 24.1 Å². The smallest absolute Gasteiger partial charge is 0.432 e. The number of benzene rings is 1. The summed E-state index contributed by atoms with van der Waals surface area (Å²) in [6.07, 6.45) is 5.54. The molecule has 3 fully saturated rings. The number of nitrogens with zero attached hydrogens (tertiary/aromatic N) is 3. The van der Waals surface area contributed by atoms with Crippen molar-refractivity contribution in [2.75, 3.05) is 19.8 Å². The minimum Gasteiger partial charge on any atom is -0.490 e. The molecule has 0 bridgehead atoms. The predicted octanol–water partition coefficient (Wildman–Crippen LogP) is 6.24. The molecule has 2 saturated heterocycles. The third kappa shape index (κ3) is 10.2. The number of alkyl carbamates (subject to hydrolysis) is 1. The van der Waals surface area contributed by atoms with E-state index in [2.05, 4.69) is 25.3 Å². The number of halogens is 3. The number of sulfonamides is 1. The molecule has 6 aliphatic rings. The molecule has 20 heteroatoms. The van der Waals surface area contributed by atoms with Gasteiger partial charge in [-0.15, -0.1) is 0 Å². The molecule has 7 atom stereocenters. The van der Waals surface area contributed by atoms with Gasteiger partial charge in [-0.1, -0.05) is 37.1 Å². The van der Waals surface area contributed by atoms with Gasteiger partial charge in [-0.25, -0.2) is 18.2 Å². The van der Waals surface area contributed by atoms with E-state index in [0.717, 1.165) is 0 Å². The Kier molecular flexibility index (Phi) is 13.0. The van der Waals surface area contributed by atoms with Crippen LogP contribution in [0.15, 0.2) is 72.0 Å². The van der Waals surface area contributed by atoms with Crippen molar-refractivity contribution in [1.29, 1.82) is 0 Å². The van der Waals surface area contributed by atoms with Crippen molar-refractivity contribution in [1.82, 2.24) is 25.2 Å². The second-order valence-electron chi connectivity index (χ2n) is 19.5. The van der Waals surface area contributed by atoms with Gasteiger partial charge in [0.1, 0.15) is 54.0 Å². The first-order chi connectivity index (χ1) is 31.6. The van der Waals surface area contributed by atoms with Crippen LogP contribution in [-0.4, -0.2) is 113 Å². The van der Waals surface area contributed by atoms with Crippen molar-refractivity contribution >= 4 is 45.2 Å². The quantitative estimate of drug-likeness (QED) is 0.190. The summed E-state index contributed by atoms with van der Waals surface area (Å²) < 4.78 is 96.7. The summed E-state index contributed by atoms with van der Waals surface area (Å²) >= 11 is 0. The van der Waals surface area contributed by atoms with E-state index in [9.17, 15) is 27.6 Å². The third-order valence-electron chi connectivity index (χ3n) is 13.4. The van der Waals surface area contributed by atoms with Crippen LogP contribution in [0, 0.1) is 5.92 Å². The van der Waals surface area contributed by atoms with Crippen LogP contribution < -0.4 is 24.8 Å². The Labute approximate surface area is 387 Å². The summed E-state index contributed by atoms with van der Waals surface area (Å²) in [6.45, 7) is 6.49. The lowest BCUT2D eigenvalue weighted by atomic mass is 9.73. The second kappa shape index (κ2) is 18.2. The lowest BCUT2D eigenvalue weighted by Gasteiger charge is -2.45. The van der Waals surface area contributed by atoms with E-state index in [4.69, 9.17) is 18.9 Å². The molecular weight excluding hydrogens is 898 g/mol. The summed E-state index contributed by atoms with van der Waals surface area (Å²) in [4.78, 5) is 66.5. The molecule has 2 aliphatic carbocycles. The van der Waals surface area contributed by atoms with Gasteiger partial charge in [-0.2, -0.15) is 13.2 Å². The van der Waals surface area contributed by atoms with E-state index in [1.54, 1.807) is 63.5 Å². The molecule has 4 amide bonds. The molecule has 1 aromatic carbocycles. The first-order valence-corrected chi connectivity index (χ1v) is 24.3. The van der Waals surface area contributed by atoms with Crippen LogP contribution in [-0.2, 0) is 33.9 Å². The number of carbonyl (C=O) groups excluding carboxylic acids is 4. The highest BCUT2D eigenvalue weighted by atomic mass is 32.2. The van der Waals surface area contributed by atoms with Crippen molar-refractivity contribution < 1.29 is 59.7 Å². The maximum absolute atomic E-state index is 15.1. The fraction of sp³-hybridized carbons (Fsp3) is 0.574. The van der Waals surface area contributed by atoms with E-state index in [-0.39, 0.29) is 51.1 Å². The Morgan fingerprint density at radius 1 is 0.970 bits per heavy atom. The second-order valence-corrected chi connectivity index (χ2v) is 21.7. The van der Waals surface area contributed by atoms with Crippen LogP contribution in [0.4, 0.5) is 23.7 Å². The number of hydrogen-bond acceptors (Lipinski definition) is 12. The van der Waals surface area contributed by atoms with Crippen LogP contribution in [0.1, 0.15) is 103 Å². The van der Waals surface area contributed by atoms with Crippen molar-refractivity contribution in [2.45, 2.75) is 144 Å². The molecule has 3 N–H and O–H groups in total. The van der Waals surface area contributed by atoms with Gasteiger partial charge in [0, 0.05) is 30.7 Å². The van der Waals surface area contributed by atoms with E-state index in [0.29, 0.717) is 55.6 Å². The number of pyridine rings is 1. The first kappa shape index (κ1) is 48.0. The van der Waals surface area contributed by atoms with E-state index in [1.165, 1.54) is 30.0 Å². The molecule has 16 nitrogen and oxygen atoms in total. The molecule has 8 rings (SSSR count). The Balaban J connectivity index is 1.10. The van der Waals surface area contributed by atoms with Crippen LogP contribution in [0.3, 0.4) is 0 Å². The van der Waals surface area contributed by atoms with Crippen LogP contribution in [0.25, 0.3) is 0 Å². The number of alkyl halides is 3. The van der Waals surface area contributed by atoms with Crippen LogP contribution in [0.2, 0.25) is 0 Å². The fourth-order valence-electron chi connectivity index (χ4n) is 9.44. The SMILES string of the molecule is CC(C)(C)OC(=O)N[C@H]1CCCCC/C=C\[C@@H]2C=C[C@@]2(C(=O)NS(=O)(=O)C2(C)CC2)NC(=O)[C@@H]2C[C@]3(CCC4c5cc(OCCOc6ccncc6)ccc5N=C(C(F)(F)F)C4O3)CN2C1=O. The maximum Gasteiger partial charge on any atom is 0.432 e. The Morgan fingerprint density at radius 3 is 2.37 bits per heavy atom. The van der Waals surface area contributed by atoms with Crippen LogP contribution >= 0.6 is 0 Å². The molecule has 2 aromatic rings. The van der Waals surface area contributed by atoms with Gasteiger partial charge in [0.2, 0.25) is 21.8 Å². The van der Waals surface area contributed by atoms with Crippen LogP contribution in [0.5, 0.6) is 11.5 Å². The summed E-state index contributed by atoms with van der Waals surface area (Å²) in [5, 5.41) is 5.47. The predicted molar refractivity (Wildman–Crippen MR) is 238 cm³/mol. The largest absolute Gasteiger partial charge is 0.490 e. The average molecular weight is 955 g/mol. The molecule has 0 radical (unpaired) electrons. The minimum absolute atomic E-state index is 0.106. The topological polar surface area (TPSA) is 204 Å². The van der Waals surface area contributed by atoms with Gasteiger partial charge < -0.3 is 34.5 Å². The number of rotatable bonds is 9. The highest BCUT2D eigenvalue weighted by Crippen LogP contribution is 2.52. The number of aromatic nitrogens is 1. The normalized spacial score (nSPS) is 29.7. The molecule has 362 valence electrons. The monoisotopic (exact) mass is 954 g/mol. The Bertz CT molecular complexity index is 2460. The molecule has 1 spiro atoms. The highest BCUT2D eigenvalue weighted by molar-refractivity contribution is 7.91. The lowest BCUT2D eigenvalue weighted by Crippen LogP contribution is -2.67. The van der Waals surface area contributed by atoms with Crippen molar-refractivity contribution in [2.24, 2.45) is 10.9 Å². The molecule has 2 unspecified atom stereocenters. The number of carbonyl (C=O) groups is 4.